The summed E-state index contributed by atoms with van der Waals surface area (Å²) in [5.74, 6) is -0.553. The molecule has 0 saturated carbocycles. The zero-order valence-electron chi connectivity index (χ0n) is 11.5. The fraction of sp³-hybridized carbons (Fsp3) is 0.714. The number of rotatable bonds is 7. The Hall–Kier alpha value is -0.700. The van der Waals surface area contributed by atoms with Gasteiger partial charge in [0.2, 0.25) is 5.95 Å². The molecule has 0 N–H and O–H groups in total. The molecule has 102 valence electrons. The van der Waals surface area contributed by atoms with Gasteiger partial charge in [-0.2, -0.15) is 4.39 Å². The molecule has 0 aliphatic heterocycles. The van der Waals surface area contributed by atoms with E-state index in [0.717, 1.165) is 24.8 Å². The van der Waals surface area contributed by atoms with Crippen LogP contribution in [-0.2, 0) is 5.41 Å². The van der Waals surface area contributed by atoms with Gasteiger partial charge >= 0.3 is 0 Å². The summed E-state index contributed by atoms with van der Waals surface area (Å²) in [5.41, 5.74) is 0.678. The summed E-state index contributed by atoms with van der Waals surface area (Å²) in [4.78, 5) is 0. The minimum Gasteiger partial charge on any atom is -0.183 e. The van der Waals surface area contributed by atoms with Gasteiger partial charge in [0.05, 0.1) is 0 Å². The van der Waals surface area contributed by atoms with Gasteiger partial charge in [-0.3, -0.25) is 0 Å². The Kier molecular flexibility index (Phi) is 6.00. The first kappa shape index (κ1) is 15.4. The maximum atomic E-state index is 13.2. The molecule has 1 atom stereocenters. The smallest absolute Gasteiger partial charge is 0.183 e. The van der Waals surface area contributed by atoms with Crippen LogP contribution >= 0.6 is 11.6 Å². The second-order valence-electron chi connectivity index (χ2n) is 5.10. The number of aromatic nitrogens is 2. The van der Waals surface area contributed by atoms with Crippen LogP contribution in [0, 0.1) is 5.95 Å². The molecule has 1 aromatic heterocycles. The lowest BCUT2D eigenvalue weighted by Crippen LogP contribution is -2.22. The van der Waals surface area contributed by atoms with Gasteiger partial charge in [0.1, 0.15) is 0 Å². The second-order valence-corrected chi connectivity index (χ2v) is 5.45. The Morgan fingerprint density at radius 3 is 2.56 bits per heavy atom. The molecule has 0 spiro atoms. The topological polar surface area (TPSA) is 25.8 Å². The van der Waals surface area contributed by atoms with Crippen molar-refractivity contribution in [3.8, 4) is 0 Å². The molecule has 0 radical (unpaired) electrons. The summed E-state index contributed by atoms with van der Waals surface area (Å²) in [6, 6.07) is 1.43. The van der Waals surface area contributed by atoms with E-state index in [1.54, 1.807) is 0 Å². The van der Waals surface area contributed by atoms with Gasteiger partial charge in [0.25, 0.3) is 0 Å². The third kappa shape index (κ3) is 3.91. The summed E-state index contributed by atoms with van der Waals surface area (Å²) in [7, 11) is 0. The van der Waals surface area contributed by atoms with Crippen LogP contribution in [0.4, 0.5) is 4.39 Å². The fourth-order valence-corrected chi connectivity index (χ4v) is 2.54. The highest BCUT2D eigenvalue weighted by molar-refractivity contribution is 6.30. The molecule has 1 unspecified atom stereocenters. The highest BCUT2D eigenvalue weighted by Gasteiger charge is 2.28. The molecule has 0 bridgehead atoms. The molecular weight excluding hydrogens is 251 g/mol. The molecule has 0 amide bonds. The minimum absolute atomic E-state index is 0.110. The van der Waals surface area contributed by atoms with Gasteiger partial charge in [0, 0.05) is 11.6 Å². The predicted octanol–water partition coefficient (Wildman–Crippen LogP) is 4.91. The van der Waals surface area contributed by atoms with E-state index in [1.807, 2.05) is 0 Å². The Morgan fingerprint density at radius 2 is 1.94 bits per heavy atom. The van der Waals surface area contributed by atoms with E-state index in [9.17, 15) is 4.39 Å². The molecule has 2 nitrogen and oxygen atoms in total. The number of halogens is 2. The first-order chi connectivity index (χ1) is 8.53. The van der Waals surface area contributed by atoms with Crippen molar-refractivity contribution in [2.75, 3.05) is 0 Å². The van der Waals surface area contributed by atoms with E-state index >= 15 is 0 Å². The minimum atomic E-state index is -0.553. The Morgan fingerprint density at radius 1 is 1.22 bits per heavy atom. The van der Waals surface area contributed by atoms with Crippen molar-refractivity contribution in [1.82, 2.24) is 10.2 Å². The number of nitrogens with zero attached hydrogens (tertiary/aromatic N) is 2. The van der Waals surface area contributed by atoms with Crippen LogP contribution < -0.4 is 0 Å². The molecule has 1 aromatic rings. The molecule has 4 heteroatoms. The normalized spacial score (nSPS) is 14.5. The average molecular weight is 273 g/mol. The zero-order valence-corrected chi connectivity index (χ0v) is 12.2. The molecule has 0 aliphatic rings. The molecule has 0 saturated heterocycles. The quantitative estimate of drug-likeness (QED) is 0.659. The van der Waals surface area contributed by atoms with Gasteiger partial charge < -0.3 is 0 Å². The maximum Gasteiger partial charge on any atom is 0.233 e. The first-order valence-electron chi connectivity index (χ1n) is 6.72. The first-order valence-corrected chi connectivity index (χ1v) is 7.10. The second kappa shape index (κ2) is 7.03. The van der Waals surface area contributed by atoms with Crippen molar-refractivity contribution < 1.29 is 4.39 Å². The van der Waals surface area contributed by atoms with Crippen molar-refractivity contribution >= 4 is 11.6 Å². The summed E-state index contributed by atoms with van der Waals surface area (Å²) < 4.78 is 13.2. The van der Waals surface area contributed by atoms with Gasteiger partial charge in [0.15, 0.2) is 5.15 Å². The van der Waals surface area contributed by atoms with E-state index in [2.05, 4.69) is 31.0 Å². The summed E-state index contributed by atoms with van der Waals surface area (Å²) in [6.07, 6.45) is 6.74. The van der Waals surface area contributed by atoms with Gasteiger partial charge in [-0.15, -0.1) is 10.2 Å². The largest absolute Gasteiger partial charge is 0.233 e. The maximum absolute atomic E-state index is 13.2. The zero-order chi connectivity index (χ0) is 13.6. The summed E-state index contributed by atoms with van der Waals surface area (Å²) in [6.45, 7) is 6.42. The third-order valence-corrected chi connectivity index (χ3v) is 4.01. The van der Waals surface area contributed by atoms with E-state index in [-0.39, 0.29) is 5.41 Å². The van der Waals surface area contributed by atoms with Crippen LogP contribution in [0.1, 0.15) is 64.9 Å². The molecule has 18 heavy (non-hydrogen) atoms. The standard InChI is InChI=1S/C14H22ClFN2/c1-4-6-7-8-9-14(3,5-2)11-10-12(16)17-18-13(11)15/h10H,4-9H2,1-3H3. The van der Waals surface area contributed by atoms with Crippen LogP contribution in [0.25, 0.3) is 0 Å². The lowest BCUT2D eigenvalue weighted by molar-refractivity contribution is 0.390. The fourth-order valence-electron chi connectivity index (χ4n) is 2.22. The molecule has 0 aromatic carbocycles. The predicted molar refractivity (Wildman–Crippen MR) is 73.4 cm³/mol. The van der Waals surface area contributed by atoms with Gasteiger partial charge in [-0.1, -0.05) is 58.1 Å². The SMILES string of the molecule is CCCCCCC(C)(CC)c1cc(F)nnc1Cl. The Bertz CT molecular complexity index is 384. The van der Waals surface area contributed by atoms with E-state index in [4.69, 9.17) is 11.6 Å². The number of hydrogen-bond acceptors (Lipinski definition) is 2. The Labute approximate surface area is 114 Å². The lowest BCUT2D eigenvalue weighted by atomic mass is 9.76. The van der Waals surface area contributed by atoms with Crippen molar-refractivity contribution in [2.45, 2.75) is 64.7 Å². The molecule has 1 rings (SSSR count). The van der Waals surface area contributed by atoms with Gasteiger partial charge in [-0.25, -0.2) is 0 Å². The van der Waals surface area contributed by atoms with Crippen LogP contribution in [0.15, 0.2) is 6.07 Å². The van der Waals surface area contributed by atoms with Crippen LogP contribution in [0.3, 0.4) is 0 Å². The average Bonchev–Trinajstić information content (AvgIpc) is 2.37. The van der Waals surface area contributed by atoms with Gasteiger partial charge in [-0.05, 0) is 18.3 Å². The lowest BCUT2D eigenvalue weighted by Gasteiger charge is -2.29. The monoisotopic (exact) mass is 272 g/mol. The Balaban J connectivity index is 2.82. The third-order valence-electron chi connectivity index (χ3n) is 3.73. The van der Waals surface area contributed by atoms with Crippen molar-refractivity contribution in [3.05, 3.63) is 22.7 Å². The van der Waals surface area contributed by atoms with Crippen molar-refractivity contribution in [1.29, 1.82) is 0 Å². The highest BCUT2D eigenvalue weighted by Crippen LogP contribution is 2.36. The summed E-state index contributed by atoms with van der Waals surface area (Å²) >= 11 is 6.06. The van der Waals surface area contributed by atoms with Crippen molar-refractivity contribution in [3.63, 3.8) is 0 Å². The van der Waals surface area contributed by atoms with E-state index in [1.165, 1.54) is 25.3 Å². The molecule has 0 fully saturated rings. The highest BCUT2D eigenvalue weighted by atomic mass is 35.5. The van der Waals surface area contributed by atoms with Crippen molar-refractivity contribution in [2.24, 2.45) is 0 Å². The van der Waals surface area contributed by atoms with Crippen LogP contribution in [-0.4, -0.2) is 10.2 Å². The van der Waals surface area contributed by atoms with Crippen LogP contribution in [0.2, 0.25) is 5.15 Å². The molecule has 1 heterocycles. The van der Waals surface area contributed by atoms with E-state index in [0.29, 0.717) is 5.15 Å². The molecule has 0 aliphatic carbocycles. The number of hydrogen-bond donors (Lipinski definition) is 0. The summed E-state index contributed by atoms with van der Waals surface area (Å²) in [5, 5.41) is 7.36. The van der Waals surface area contributed by atoms with Crippen LogP contribution in [0.5, 0.6) is 0 Å². The molecular formula is C14H22ClFN2. The number of unbranched alkanes of at least 4 members (excludes halogenated alkanes) is 3. The van der Waals surface area contributed by atoms with E-state index < -0.39 is 5.95 Å².